The van der Waals surface area contributed by atoms with Gasteiger partial charge < -0.3 is 14.5 Å². The van der Waals surface area contributed by atoms with Crippen LogP contribution in [0.5, 0.6) is 0 Å². The van der Waals surface area contributed by atoms with Crippen molar-refractivity contribution in [3.8, 4) is 0 Å². The summed E-state index contributed by atoms with van der Waals surface area (Å²) in [4.78, 5) is 26.3. The van der Waals surface area contributed by atoms with Crippen LogP contribution in [0, 0.1) is 6.92 Å². The number of ether oxygens (including phenoxy) is 2. The number of carbonyl (C=O) groups excluding carboxylic acids is 2. The zero-order valence-corrected chi connectivity index (χ0v) is 11.6. The molecule has 1 heterocycles. The van der Waals surface area contributed by atoms with Crippen LogP contribution < -0.4 is 5.32 Å². The normalized spacial score (nSPS) is 10.3. The first-order valence-corrected chi connectivity index (χ1v) is 6.21. The van der Waals surface area contributed by atoms with E-state index < -0.39 is 12.1 Å². The molecule has 0 unspecified atom stereocenters. The quantitative estimate of drug-likeness (QED) is 0.845. The van der Waals surface area contributed by atoms with E-state index in [0.717, 1.165) is 16.5 Å². The number of carbonyl (C=O) groups is 2. The summed E-state index contributed by atoms with van der Waals surface area (Å²) in [6, 6.07) is 5.63. The number of hydrogen-bond acceptors (Lipinski definition) is 4. The number of H-pyrrole nitrogens is 1. The van der Waals surface area contributed by atoms with Gasteiger partial charge >= 0.3 is 12.1 Å². The lowest BCUT2D eigenvalue weighted by atomic mass is 10.1. The Labute approximate surface area is 116 Å². The van der Waals surface area contributed by atoms with Gasteiger partial charge in [0.2, 0.25) is 0 Å². The minimum atomic E-state index is -0.611. The topological polar surface area (TPSA) is 80.4 Å². The highest BCUT2D eigenvalue weighted by Gasteiger charge is 2.20. The molecule has 2 rings (SSSR count). The molecule has 0 fully saturated rings. The molecule has 2 aromatic rings. The molecule has 1 aromatic heterocycles. The second-order valence-electron chi connectivity index (χ2n) is 4.26. The lowest BCUT2D eigenvalue weighted by molar-refractivity contribution is 0.0596. The monoisotopic (exact) mass is 276 g/mol. The lowest BCUT2D eigenvalue weighted by Crippen LogP contribution is -2.15. The number of aryl methyl sites for hydroxylation is 1. The van der Waals surface area contributed by atoms with E-state index in [1.165, 1.54) is 7.11 Å². The standard InChI is InChI=1S/C14H16N2O4/c1-4-20-14(18)16-11-9-7-8(2)5-6-10(9)15-12(11)13(17)19-3/h5-7,15H,4H2,1-3H3,(H,16,18). The molecule has 106 valence electrons. The van der Waals surface area contributed by atoms with Gasteiger partial charge in [-0.3, -0.25) is 5.32 Å². The SMILES string of the molecule is CCOC(=O)Nc1c(C(=O)OC)[nH]c2ccc(C)cc12. The number of rotatable bonds is 3. The smallest absolute Gasteiger partial charge is 0.411 e. The molecule has 2 N–H and O–H groups in total. The number of aromatic amines is 1. The molecule has 0 saturated heterocycles. The van der Waals surface area contributed by atoms with Crippen molar-refractivity contribution >= 4 is 28.7 Å². The van der Waals surface area contributed by atoms with E-state index >= 15 is 0 Å². The second-order valence-corrected chi connectivity index (χ2v) is 4.26. The average molecular weight is 276 g/mol. The summed E-state index contributed by atoms with van der Waals surface area (Å²) >= 11 is 0. The number of fused-ring (bicyclic) bond motifs is 1. The Kier molecular flexibility index (Phi) is 3.93. The fraction of sp³-hybridized carbons (Fsp3) is 0.286. The van der Waals surface area contributed by atoms with Crippen molar-refractivity contribution in [2.24, 2.45) is 0 Å². The van der Waals surface area contributed by atoms with E-state index in [1.54, 1.807) is 6.92 Å². The third-order valence-electron chi connectivity index (χ3n) is 2.85. The first-order chi connectivity index (χ1) is 9.56. The predicted molar refractivity (Wildman–Crippen MR) is 75.0 cm³/mol. The summed E-state index contributed by atoms with van der Waals surface area (Å²) in [5.41, 5.74) is 2.32. The molecule has 1 amide bonds. The van der Waals surface area contributed by atoms with Crippen LogP contribution in [-0.4, -0.2) is 30.8 Å². The predicted octanol–water partition coefficient (Wildman–Crippen LogP) is 2.83. The van der Waals surface area contributed by atoms with Crippen LogP contribution in [0.25, 0.3) is 10.9 Å². The summed E-state index contributed by atoms with van der Waals surface area (Å²) in [5, 5.41) is 3.32. The third-order valence-corrected chi connectivity index (χ3v) is 2.85. The summed E-state index contributed by atoms with van der Waals surface area (Å²) < 4.78 is 9.56. The molecule has 6 nitrogen and oxygen atoms in total. The van der Waals surface area contributed by atoms with Gasteiger partial charge in [0, 0.05) is 10.9 Å². The van der Waals surface area contributed by atoms with Gasteiger partial charge in [0.05, 0.1) is 19.4 Å². The Bertz CT molecular complexity index is 660. The van der Waals surface area contributed by atoms with Gasteiger partial charge in [0.25, 0.3) is 0 Å². The van der Waals surface area contributed by atoms with Gasteiger partial charge in [0.1, 0.15) is 5.69 Å². The zero-order chi connectivity index (χ0) is 14.7. The Morgan fingerprint density at radius 2 is 2.10 bits per heavy atom. The van der Waals surface area contributed by atoms with Crippen molar-refractivity contribution in [1.29, 1.82) is 0 Å². The average Bonchev–Trinajstić information content (AvgIpc) is 2.76. The van der Waals surface area contributed by atoms with Gasteiger partial charge in [-0.2, -0.15) is 0 Å². The van der Waals surface area contributed by atoms with Gasteiger partial charge in [-0.25, -0.2) is 9.59 Å². The summed E-state index contributed by atoms with van der Waals surface area (Å²) in [7, 11) is 1.28. The Morgan fingerprint density at radius 3 is 2.75 bits per heavy atom. The maximum atomic E-state index is 11.8. The summed E-state index contributed by atoms with van der Waals surface area (Å²) in [6.07, 6.45) is -0.611. The number of esters is 1. The van der Waals surface area contributed by atoms with Crippen LogP contribution in [0.15, 0.2) is 18.2 Å². The number of benzene rings is 1. The molecule has 0 aliphatic carbocycles. The van der Waals surface area contributed by atoms with Crippen molar-refractivity contribution in [3.63, 3.8) is 0 Å². The minimum Gasteiger partial charge on any atom is -0.464 e. The van der Waals surface area contributed by atoms with Crippen LogP contribution in [0.2, 0.25) is 0 Å². The number of hydrogen-bond donors (Lipinski definition) is 2. The highest BCUT2D eigenvalue weighted by atomic mass is 16.5. The van der Waals surface area contributed by atoms with Gasteiger partial charge in [-0.1, -0.05) is 11.6 Å². The van der Waals surface area contributed by atoms with Gasteiger partial charge in [-0.15, -0.1) is 0 Å². The van der Waals surface area contributed by atoms with Crippen LogP contribution in [0.3, 0.4) is 0 Å². The van der Waals surface area contributed by atoms with E-state index in [4.69, 9.17) is 9.47 Å². The Hall–Kier alpha value is -2.50. The molecule has 0 aliphatic heterocycles. The molecule has 0 spiro atoms. The molecule has 0 radical (unpaired) electrons. The minimum absolute atomic E-state index is 0.196. The van der Waals surface area contributed by atoms with E-state index in [0.29, 0.717) is 5.69 Å². The summed E-state index contributed by atoms with van der Waals surface area (Å²) in [5.74, 6) is -0.550. The van der Waals surface area contributed by atoms with E-state index in [1.807, 2.05) is 25.1 Å². The lowest BCUT2D eigenvalue weighted by Gasteiger charge is -2.06. The Balaban J connectivity index is 2.54. The fourth-order valence-corrected chi connectivity index (χ4v) is 1.96. The Morgan fingerprint density at radius 1 is 1.35 bits per heavy atom. The first-order valence-electron chi connectivity index (χ1n) is 6.21. The van der Waals surface area contributed by atoms with Crippen molar-refractivity contribution in [2.75, 3.05) is 19.0 Å². The number of aromatic nitrogens is 1. The second kappa shape index (κ2) is 5.64. The molecular formula is C14H16N2O4. The van der Waals surface area contributed by atoms with E-state index in [2.05, 4.69) is 10.3 Å². The molecular weight excluding hydrogens is 260 g/mol. The highest BCUT2D eigenvalue weighted by molar-refractivity contribution is 6.10. The van der Waals surface area contributed by atoms with Crippen molar-refractivity contribution in [2.45, 2.75) is 13.8 Å². The van der Waals surface area contributed by atoms with Crippen LogP contribution >= 0.6 is 0 Å². The third kappa shape index (κ3) is 2.59. The molecule has 0 saturated carbocycles. The largest absolute Gasteiger partial charge is 0.464 e. The van der Waals surface area contributed by atoms with Crippen molar-refractivity contribution < 1.29 is 19.1 Å². The number of nitrogens with one attached hydrogen (secondary N) is 2. The number of amides is 1. The molecule has 0 aliphatic rings. The van der Waals surface area contributed by atoms with Crippen LogP contribution in [0.1, 0.15) is 23.0 Å². The molecule has 20 heavy (non-hydrogen) atoms. The highest BCUT2D eigenvalue weighted by Crippen LogP contribution is 2.29. The maximum Gasteiger partial charge on any atom is 0.411 e. The van der Waals surface area contributed by atoms with E-state index in [9.17, 15) is 9.59 Å². The fourth-order valence-electron chi connectivity index (χ4n) is 1.96. The molecule has 1 aromatic carbocycles. The van der Waals surface area contributed by atoms with Crippen molar-refractivity contribution in [3.05, 3.63) is 29.5 Å². The molecule has 0 atom stereocenters. The van der Waals surface area contributed by atoms with Crippen LogP contribution in [-0.2, 0) is 9.47 Å². The summed E-state index contributed by atoms with van der Waals surface area (Å²) in [6.45, 7) is 3.89. The molecule has 6 heteroatoms. The van der Waals surface area contributed by atoms with E-state index in [-0.39, 0.29) is 12.3 Å². The number of anilines is 1. The number of methoxy groups -OCH3 is 1. The first kappa shape index (κ1) is 13.9. The van der Waals surface area contributed by atoms with Crippen molar-refractivity contribution in [1.82, 2.24) is 4.98 Å². The maximum absolute atomic E-state index is 11.8. The van der Waals surface area contributed by atoms with Gasteiger partial charge in [-0.05, 0) is 26.0 Å². The van der Waals surface area contributed by atoms with Crippen LogP contribution in [0.4, 0.5) is 10.5 Å². The molecule has 0 bridgehead atoms. The zero-order valence-electron chi connectivity index (χ0n) is 11.6. The van der Waals surface area contributed by atoms with Gasteiger partial charge in [0.15, 0.2) is 0 Å².